The summed E-state index contributed by atoms with van der Waals surface area (Å²) in [6, 6.07) is 4.06. The fraction of sp³-hybridized carbons (Fsp3) is 0.333. The first-order chi connectivity index (χ1) is 10.1. The van der Waals surface area contributed by atoms with Gasteiger partial charge in [0.1, 0.15) is 11.6 Å². The third-order valence-corrected chi connectivity index (χ3v) is 2.92. The summed E-state index contributed by atoms with van der Waals surface area (Å²) in [5.74, 6) is -0.203. The molecular formula is C15H18FN3O2. The fourth-order valence-electron chi connectivity index (χ4n) is 1.95. The number of nitrogens with zero attached hydrogens (tertiary/aromatic N) is 2. The minimum atomic E-state index is -0.396. The van der Waals surface area contributed by atoms with Crippen LogP contribution in [0, 0.1) is 5.82 Å². The average molecular weight is 291 g/mol. The molecule has 2 rings (SSSR count). The molecule has 6 heteroatoms. The van der Waals surface area contributed by atoms with Gasteiger partial charge in [-0.2, -0.15) is 5.10 Å². The van der Waals surface area contributed by atoms with Gasteiger partial charge < -0.3 is 10.1 Å². The minimum absolute atomic E-state index is 0.147. The second kappa shape index (κ2) is 6.88. The van der Waals surface area contributed by atoms with Gasteiger partial charge in [-0.05, 0) is 31.0 Å². The van der Waals surface area contributed by atoms with Gasteiger partial charge in [0.05, 0.1) is 18.5 Å². The first kappa shape index (κ1) is 15.0. The van der Waals surface area contributed by atoms with Gasteiger partial charge >= 0.3 is 0 Å². The first-order valence-corrected chi connectivity index (χ1v) is 6.78. The summed E-state index contributed by atoms with van der Waals surface area (Å²) in [4.78, 5) is 11.9. The van der Waals surface area contributed by atoms with E-state index in [1.54, 1.807) is 17.8 Å². The lowest BCUT2D eigenvalue weighted by Crippen LogP contribution is -2.13. The number of benzene rings is 1. The van der Waals surface area contributed by atoms with Crippen LogP contribution in [0.2, 0.25) is 0 Å². The largest absolute Gasteiger partial charge is 0.492 e. The van der Waals surface area contributed by atoms with Crippen molar-refractivity contribution in [2.24, 2.45) is 7.05 Å². The predicted octanol–water partition coefficient (Wildman–Crippen LogP) is 2.53. The van der Waals surface area contributed by atoms with E-state index in [0.717, 1.165) is 5.56 Å². The molecule has 0 aliphatic heterocycles. The molecule has 5 nitrogen and oxygen atoms in total. The van der Waals surface area contributed by atoms with Gasteiger partial charge in [-0.1, -0.05) is 0 Å². The van der Waals surface area contributed by atoms with E-state index < -0.39 is 5.82 Å². The maximum Gasteiger partial charge on any atom is 0.224 e. The number of nitrogens with one attached hydrogen (secondary N) is 1. The molecule has 1 amide bonds. The van der Waals surface area contributed by atoms with Crippen LogP contribution < -0.4 is 10.1 Å². The van der Waals surface area contributed by atoms with E-state index in [1.807, 2.05) is 13.2 Å². The van der Waals surface area contributed by atoms with Crippen molar-refractivity contribution in [2.45, 2.75) is 19.8 Å². The fourth-order valence-corrected chi connectivity index (χ4v) is 1.95. The zero-order valence-corrected chi connectivity index (χ0v) is 12.1. The highest BCUT2D eigenvalue weighted by Crippen LogP contribution is 2.25. The van der Waals surface area contributed by atoms with Crippen molar-refractivity contribution in [3.05, 3.63) is 42.0 Å². The molecule has 2 aromatic rings. The second-order valence-electron chi connectivity index (χ2n) is 4.64. The van der Waals surface area contributed by atoms with Crippen molar-refractivity contribution >= 4 is 11.6 Å². The van der Waals surface area contributed by atoms with Crippen LogP contribution in [-0.2, 0) is 18.3 Å². The smallest absolute Gasteiger partial charge is 0.224 e. The molecule has 0 bridgehead atoms. The van der Waals surface area contributed by atoms with Crippen LogP contribution in [0.15, 0.2) is 30.6 Å². The van der Waals surface area contributed by atoms with Crippen LogP contribution in [-0.4, -0.2) is 22.3 Å². The zero-order chi connectivity index (χ0) is 15.2. The molecule has 1 aromatic carbocycles. The Morgan fingerprint density at radius 2 is 2.29 bits per heavy atom. The van der Waals surface area contributed by atoms with Gasteiger partial charge in [-0.25, -0.2) is 4.39 Å². The Hall–Kier alpha value is -2.37. The molecule has 0 atom stereocenters. The number of rotatable bonds is 6. The molecule has 0 aliphatic rings. The maximum absolute atomic E-state index is 13.2. The molecule has 0 spiro atoms. The lowest BCUT2D eigenvalue weighted by molar-refractivity contribution is -0.116. The van der Waals surface area contributed by atoms with Crippen LogP contribution in [0.4, 0.5) is 10.1 Å². The molecule has 21 heavy (non-hydrogen) atoms. The molecule has 1 N–H and O–H groups in total. The lowest BCUT2D eigenvalue weighted by Gasteiger charge is -2.11. The Bertz CT molecular complexity index is 625. The number of amides is 1. The molecular weight excluding hydrogens is 273 g/mol. The molecule has 112 valence electrons. The van der Waals surface area contributed by atoms with Crippen molar-refractivity contribution in [3.63, 3.8) is 0 Å². The van der Waals surface area contributed by atoms with Crippen LogP contribution in [0.5, 0.6) is 5.75 Å². The summed E-state index contributed by atoms with van der Waals surface area (Å²) in [6.45, 7) is 2.21. The minimum Gasteiger partial charge on any atom is -0.492 e. The van der Waals surface area contributed by atoms with Gasteiger partial charge in [0.25, 0.3) is 0 Å². The molecule has 1 aromatic heterocycles. The third-order valence-electron chi connectivity index (χ3n) is 2.92. The number of aryl methyl sites for hydroxylation is 2. The Morgan fingerprint density at radius 1 is 1.48 bits per heavy atom. The summed E-state index contributed by atoms with van der Waals surface area (Å²) in [5.41, 5.74) is 1.48. The van der Waals surface area contributed by atoms with Gasteiger partial charge in [0, 0.05) is 25.7 Å². The average Bonchev–Trinajstić information content (AvgIpc) is 2.86. The van der Waals surface area contributed by atoms with E-state index in [-0.39, 0.29) is 5.91 Å². The number of aromatic nitrogens is 2. The van der Waals surface area contributed by atoms with Crippen molar-refractivity contribution in [1.82, 2.24) is 9.78 Å². The molecule has 0 saturated carbocycles. The molecule has 0 aliphatic carbocycles. The highest BCUT2D eigenvalue weighted by Gasteiger charge is 2.09. The second-order valence-corrected chi connectivity index (χ2v) is 4.64. The summed E-state index contributed by atoms with van der Waals surface area (Å²) < 4.78 is 20.2. The molecule has 1 heterocycles. The van der Waals surface area contributed by atoms with E-state index in [1.165, 1.54) is 18.2 Å². The van der Waals surface area contributed by atoms with E-state index in [2.05, 4.69) is 10.4 Å². The van der Waals surface area contributed by atoms with Crippen LogP contribution >= 0.6 is 0 Å². The normalized spacial score (nSPS) is 10.4. The van der Waals surface area contributed by atoms with E-state index in [0.29, 0.717) is 30.9 Å². The Balaban J connectivity index is 1.95. The maximum atomic E-state index is 13.2. The number of carbonyl (C=O) groups is 1. The molecule has 0 radical (unpaired) electrons. The van der Waals surface area contributed by atoms with Crippen LogP contribution in [0.3, 0.4) is 0 Å². The third kappa shape index (κ3) is 4.30. The number of anilines is 1. The molecule has 0 fully saturated rings. The van der Waals surface area contributed by atoms with Crippen LogP contribution in [0.25, 0.3) is 0 Å². The number of ether oxygens (including phenoxy) is 1. The van der Waals surface area contributed by atoms with Crippen LogP contribution in [0.1, 0.15) is 18.9 Å². The Labute approximate surface area is 122 Å². The van der Waals surface area contributed by atoms with Gasteiger partial charge in [-0.15, -0.1) is 0 Å². The SMILES string of the molecule is CCOc1cc(F)ccc1NC(=O)CCc1cnn(C)c1. The summed E-state index contributed by atoms with van der Waals surface area (Å²) in [6.07, 6.45) is 4.53. The highest BCUT2D eigenvalue weighted by atomic mass is 19.1. The quantitative estimate of drug-likeness (QED) is 0.889. The first-order valence-electron chi connectivity index (χ1n) is 6.78. The van der Waals surface area contributed by atoms with Gasteiger partial charge in [-0.3, -0.25) is 9.48 Å². The molecule has 0 saturated heterocycles. The predicted molar refractivity (Wildman–Crippen MR) is 77.7 cm³/mol. The van der Waals surface area contributed by atoms with Gasteiger partial charge in [0.2, 0.25) is 5.91 Å². The van der Waals surface area contributed by atoms with Crippen molar-refractivity contribution < 1.29 is 13.9 Å². The lowest BCUT2D eigenvalue weighted by atomic mass is 10.2. The Kier molecular flexibility index (Phi) is 4.92. The number of carbonyl (C=O) groups excluding carboxylic acids is 1. The van der Waals surface area contributed by atoms with Gasteiger partial charge in [0.15, 0.2) is 0 Å². The summed E-state index contributed by atoms with van der Waals surface area (Å²) in [5, 5.41) is 6.79. The summed E-state index contributed by atoms with van der Waals surface area (Å²) in [7, 11) is 1.83. The summed E-state index contributed by atoms with van der Waals surface area (Å²) >= 11 is 0. The van der Waals surface area contributed by atoms with Crippen molar-refractivity contribution in [3.8, 4) is 5.75 Å². The number of hydrogen-bond acceptors (Lipinski definition) is 3. The number of hydrogen-bond donors (Lipinski definition) is 1. The zero-order valence-electron chi connectivity index (χ0n) is 12.1. The molecule has 0 unspecified atom stereocenters. The van der Waals surface area contributed by atoms with E-state index >= 15 is 0 Å². The Morgan fingerprint density at radius 3 is 2.95 bits per heavy atom. The van der Waals surface area contributed by atoms with Crippen molar-refractivity contribution in [2.75, 3.05) is 11.9 Å². The van der Waals surface area contributed by atoms with Crippen molar-refractivity contribution in [1.29, 1.82) is 0 Å². The standard InChI is InChI=1S/C15H18FN3O2/c1-3-21-14-8-12(16)5-6-13(14)18-15(20)7-4-11-9-17-19(2)10-11/h5-6,8-10H,3-4,7H2,1-2H3,(H,18,20). The monoisotopic (exact) mass is 291 g/mol. The topological polar surface area (TPSA) is 56.1 Å². The van der Waals surface area contributed by atoms with E-state index in [9.17, 15) is 9.18 Å². The number of halogens is 1. The highest BCUT2D eigenvalue weighted by molar-refractivity contribution is 5.92. The van der Waals surface area contributed by atoms with E-state index in [4.69, 9.17) is 4.74 Å².